The van der Waals surface area contributed by atoms with Crippen LogP contribution in [0.15, 0.2) is 53.9 Å². The Hall–Kier alpha value is -2.90. The maximum Gasteiger partial charge on any atom is 0.248 e. The molecule has 0 saturated heterocycles. The number of amides is 2. The zero-order valence-corrected chi connectivity index (χ0v) is 15.7. The lowest BCUT2D eigenvalue weighted by Crippen LogP contribution is -2.15. The highest BCUT2D eigenvalue weighted by molar-refractivity contribution is 7.09. The number of aromatic nitrogens is 1. The number of carbonyl (C=O) groups is 2. The average molecular weight is 402 g/mol. The van der Waals surface area contributed by atoms with Gasteiger partial charge in [-0.25, -0.2) is 4.98 Å². The molecule has 0 aliphatic rings. The first-order valence-corrected chi connectivity index (χ1v) is 9.27. The van der Waals surface area contributed by atoms with Crippen molar-refractivity contribution in [3.8, 4) is 5.75 Å². The number of anilines is 1. The van der Waals surface area contributed by atoms with Gasteiger partial charge in [0.25, 0.3) is 0 Å². The van der Waals surface area contributed by atoms with Crippen molar-refractivity contribution < 1.29 is 14.3 Å². The normalized spacial score (nSPS) is 10.4. The van der Waals surface area contributed by atoms with E-state index in [1.165, 1.54) is 11.3 Å². The SMILES string of the molecule is NC(=O)c1ccc(NC(=O)Cc2csc(COc3ccc(Cl)cc3)n2)cc1. The van der Waals surface area contributed by atoms with Gasteiger partial charge in [0, 0.05) is 21.7 Å². The fourth-order valence-electron chi connectivity index (χ4n) is 2.26. The minimum Gasteiger partial charge on any atom is -0.486 e. The number of nitrogens with one attached hydrogen (secondary N) is 1. The molecule has 0 saturated carbocycles. The van der Waals surface area contributed by atoms with Gasteiger partial charge in [0.15, 0.2) is 0 Å². The van der Waals surface area contributed by atoms with E-state index in [1.807, 2.05) is 5.38 Å². The Morgan fingerprint density at radius 2 is 1.81 bits per heavy atom. The Labute approximate surface area is 164 Å². The van der Waals surface area contributed by atoms with Crippen molar-refractivity contribution in [2.75, 3.05) is 5.32 Å². The smallest absolute Gasteiger partial charge is 0.248 e. The van der Waals surface area contributed by atoms with Crippen molar-refractivity contribution in [3.05, 3.63) is 75.2 Å². The van der Waals surface area contributed by atoms with E-state index in [4.69, 9.17) is 22.1 Å². The Morgan fingerprint density at radius 1 is 1.11 bits per heavy atom. The van der Waals surface area contributed by atoms with Crippen LogP contribution in [0.1, 0.15) is 21.1 Å². The predicted molar refractivity (Wildman–Crippen MR) is 105 cm³/mol. The summed E-state index contributed by atoms with van der Waals surface area (Å²) in [7, 11) is 0. The maximum atomic E-state index is 12.1. The second-order valence-corrected chi connectivity index (χ2v) is 7.02. The minimum absolute atomic E-state index is 0.148. The largest absolute Gasteiger partial charge is 0.486 e. The molecule has 0 bridgehead atoms. The van der Waals surface area contributed by atoms with Gasteiger partial charge >= 0.3 is 0 Å². The Bertz CT molecular complexity index is 940. The summed E-state index contributed by atoms with van der Waals surface area (Å²) in [4.78, 5) is 27.6. The van der Waals surface area contributed by atoms with Crippen LogP contribution in [0.25, 0.3) is 0 Å². The van der Waals surface area contributed by atoms with E-state index in [0.717, 1.165) is 5.01 Å². The molecule has 138 valence electrons. The van der Waals surface area contributed by atoms with E-state index in [9.17, 15) is 9.59 Å². The molecule has 27 heavy (non-hydrogen) atoms. The maximum absolute atomic E-state index is 12.1. The number of hydrogen-bond acceptors (Lipinski definition) is 5. The fraction of sp³-hybridized carbons (Fsp3) is 0.105. The molecule has 2 aromatic carbocycles. The number of thiazole rings is 1. The molecule has 0 fully saturated rings. The summed E-state index contributed by atoms with van der Waals surface area (Å²) in [5, 5.41) is 6.01. The van der Waals surface area contributed by atoms with Crippen LogP contribution in [0.4, 0.5) is 5.69 Å². The van der Waals surface area contributed by atoms with Gasteiger partial charge in [0.05, 0.1) is 12.1 Å². The van der Waals surface area contributed by atoms with Crippen molar-refractivity contribution in [1.82, 2.24) is 4.98 Å². The van der Waals surface area contributed by atoms with Crippen LogP contribution in [0.2, 0.25) is 5.02 Å². The first-order chi connectivity index (χ1) is 13.0. The fourth-order valence-corrected chi connectivity index (χ4v) is 3.09. The standard InChI is InChI=1S/C19H16ClN3O3S/c20-13-3-7-16(8-4-13)26-10-18-23-15(11-27-18)9-17(24)22-14-5-1-12(2-6-14)19(21)25/h1-8,11H,9-10H2,(H2,21,25)(H,22,24). The molecule has 0 aliphatic heterocycles. The lowest BCUT2D eigenvalue weighted by atomic mass is 10.2. The summed E-state index contributed by atoms with van der Waals surface area (Å²) >= 11 is 7.27. The van der Waals surface area contributed by atoms with Gasteiger partial charge in [0.2, 0.25) is 11.8 Å². The van der Waals surface area contributed by atoms with Gasteiger partial charge in [-0.2, -0.15) is 0 Å². The van der Waals surface area contributed by atoms with Crippen molar-refractivity contribution >= 4 is 40.4 Å². The molecule has 0 aliphatic carbocycles. The molecule has 0 unspecified atom stereocenters. The highest BCUT2D eigenvalue weighted by Crippen LogP contribution is 2.18. The topological polar surface area (TPSA) is 94.3 Å². The van der Waals surface area contributed by atoms with Crippen molar-refractivity contribution in [2.24, 2.45) is 5.73 Å². The lowest BCUT2D eigenvalue weighted by Gasteiger charge is -2.05. The summed E-state index contributed by atoms with van der Waals surface area (Å²) in [6.45, 7) is 0.322. The number of benzene rings is 2. The first-order valence-electron chi connectivity index (χ1n) is 8.01. The van der Waals surface area contributed by atoms with E-state index in [2.05, 4.69) is 10.3 Å². The minimum atomic E-state index is -0.510. The number of nitrogens with two attached hydrogens (primary N) is 1. The molecular formula is C19H16ClN3O3S. The molecular weight excluding hydrogens is 386 g/mol. The number of halogens is 1. The monoisotopic (exact) mass is 401 g/mol. The highest BCUT2D eigenvalue weighted by Gasteiger charge is 2.09. The summed E-state index contributed by atoms with van der Waals surface area (Å²) in [6.07, 6.45) is 0.148. The van der Waals surface area contributed by atoms with E-state index < -0.39 is 5.91 Å². The number of rotatable bonds is 7. The molecule has 0 radical (unpaired) electrons. The average Bonchev–Trinajstić information content (AvgIpc) is 3.09. The number of nitrogens with zero attached hydrogens (tertiary/aromatic N) is 1. The van der Waals surface area contributed by atoms with Crippen LogP contribution in [-0.4, -0.2) is 16.8 Å². The Balaban J connectivity index is 1.51. The van der Waals surface area contributed by atoms with Crippen LogP contribution in [-0.2, 0) is 17.8 Å². The third-order valence-corrected chi connectivity index (χ3v) is 4.69. The summed E-state index contributed by atoms with van der Waals surface area (Å²) in [5.74, 6) is -0.00528. The van der Waals surface area contributed by atoms with Crippen molar-refractivity contribution in [3.63, 3.8) is 0 Å². The lowest BCUT2D eigenvalue weighted by molar-refractivity contribution is -0.115. The van der Waals surface area contributed by atoms with Gasteiger partial charge in [-0.3, -0.25) is 9.59 Å². The third kappa shape index (κ3) is 5.54. The molecule has 3 aromatic rings. The molecule has 0 atom stereocenters. The number of carbonyl (C=O) groups excluding carboxylic acids is 2. The summed E-state index contributed by atoms with van der Waals surface area (Å²) in [6, 6.07) is 13.5. The highest BCUT2D eigenvalue weighted by atomic mass is 35.5. The van der Waals surface area contributed by atoms with Crippen molar-refractivity contribution in [1.29, 1.82) is 0 Å². The molecule has 0 spiro atoms. The Morgan fingerprint density at radius 3 is 2.48 bits per heavy atom. The number of hydrogen-bond donors (Lipinski definition) is 2. The van der Waals surface area contributed by atoms with Crippen LogP contribution < -0.4 is 15.8 Å². The number of ether oxygens (including phenoxy) is 1. The van der Waals surface area contributed by atoms with Gasteiger partial charge < -0.3 is 15.8 Å². The predicted octanol–water partition coefficient (Wildman–Crippen LogP) is 3.66. The summed E-state index contributed by atoms with van der Waals surface area (Å²) in [5.41, 5.74) is 6.83. The third-order valence-electron chi connectivity index (χ3n) is 3.57. The van der Waals surface area contributed by atoms with E-state index >= 15 is 0 Å². The van der Waals surface area contributed by atoms with Gasteiger partial charge in [-0.1, -0.05) is 11.6 Å². The van der Waals surface area contributed by atoms with E-state index in [-0.39, 0.29) is 12.3 Å². The molecule has 1 heterocycles. The first kappa shape index (κ1) is 18.9. The molecule has 2 amide bonds. The summed E-state index contributed by atoms with van der Waals surface area (Å²) < 4.78 is 5.64. The van der Waals surface area contributed by atoms with Gasteiger partial charge in [-0.15, -0.1) is 11.3 Å². The molecule has 6 nitrogen and oxygen atoms in total. The molecule has 3 N–H and O–H groups in total. The van der Waals surface area contributed by atoms with E-state index in [1.54, 1.807) is 48.5 Å². The second-order valence-electron chi connectivity index (χ2n) is 5.64. The molecule has 3 rings (SSSR count). The van der Waals surface area contributed by atoms with E-state index in [0.29, 0.717) is 34.3 Å². The van der Waals surface area contributed by atoms with Crippen LogP contribution in [0, 0.1) is 0 Å². The number of primary amides is 1. The quantitative estimate of drug-likeness (QED) is 0.631. The zero-order chi connectivity index (χ0) is 19.2. The van der Waals surface area contributed by atoms with Gasteiger partial charge in [0.1, 0.15) is 17.4 Å². The van der Waals surface area contributed by atoms with Crippen molar-refractivity contribution in [2.45, 2.75) is 13.0 Å². The Kier molecular flexibility index (Phi) is 6.05. The molecule has 8 heteroatoms. The second kappa shape index (κ2) is 8.66. The van der Waals surface area contributed by atoms with Crippen LogP contribution in [0.3, 0.4) is 0 Å². The van der Waals surface area contributed by atoms with Crippen LogP contribution >= 0.6 is 22.9 Å². The molecule has 1 aromatic heterocycles. The zero-order valence-electron chi connectivity index (χ0n) is 14.1. The van der Waals surface area contributed by atoms with Gasteiger partial charge in [-0.05, 0) is 48.5 Å². The van der Waals surface area contributed by atoms with Crippen LogP contribution in [0.5, 0.6) is 5.75 Å².